The van der Waals surface area contributed by atoms with Crippen LogP contribution in [0.4, 0.5) is 5.69 Å². The summed E-state index contributed by atoms with van der Waals surface area (Å²) in [6.07, 6.45) is 0. The minimum Gasteiger partial charge on any atom is -0.355 e. The molecule has 10 heteroatoms. The number of sulfonamides is 1. The molecule has 7 nitrogen and oxygen atoms in total. The quantitative estimate of drug-likeness (QED) is 0.375. The van der Waals surface area contributed by atoms with Crippen molar-refractivity contribution in [3.05, 3.63) is 94.0 Å². The van der Waals surface area contributed by atoms with Gasteiger partial charge in [-0.2, -0.15) is 0 Å². The van der Waals surface area contributed by atoms with E-state index in [9.17, 15) is 18.0 Å². The van der Waals surface area contributed by atoms with Gasteiger partial charge in [0, 0.05) is 13.1 Å². The highest BCUT2D eigenvalue weighted by Gasteiger charge is 2.33. The van der Waals surface area contributed by atoms with E-state index in [-0.39, 0.29) is 33.1 Å². The Morgan fingerprint density at radius 2 is 1.59 bits per heavy atom. The molecule has 0 bridgehead atoms. The van der Waals surface area contributed by atoms with Gasteiger partial charge < -0.3 is 10.2 Å². The third kappa shape index (κ3) is 6.63. The van der Waals surface area contributed by atoms with Gasteiger partial charge in [-0.3, -0.25) is 13.9 Å². The SMILES string of the molecule is CCNC(=O)[C@H](C)N(Cc1ccccc1C)C(=O)CN(c1cccc(Cl)c1Cl)S(=O)(=O)c1ccccc1. The first kappa shape index (κ1) is 28.5. The number of anilines is 1. The number of amides is 2. The van der Waals surface area contributed by atoms with E-state index in [4.69, 9.17) is 23.2 Å². The van der Waals surface area contributed by atoms with Crippen molar-refractivity contribution >= 4 is 50.7 Å². The lowest BCUT2D eigenvalue weighted by atomic mass is 10.1. The van der Waals surface area contributed by atoms with E-state index in [1.807, 2.05) is 31.2 Å². The molecule has 0 heterocycles. The first-order chi connectivity index (χ1) is 17.6. The van der Waals surface area contributed by atoms with Crippen LogP contribution in [0.2, 0.25) is 10.0 Å². The summed E-state index contributed by atoms with van der Waals surface area (Å²) in [5, 5.41) is 2.88. The Morgan fingerprint density at radius 1 is 0.946 bits per heavy atom. The van der Waals surface area contributed by atoms with E-state index in [2.05, 4.69) is 5.32 Å². The Labute approximate surface area is 228 Å². The Balaban J connectivity index is 2.08. The highest BCUT2D eigenvalue weighted by atomic mass is 35.5. The lowest BCUT2D eigenvalue weighted by Gasteiger charge is -2.32. The molecule has 0 fully saturated rings. The van der Waals surface area contributed by atoms with Crippen molar-refractivity contribution < 1.29 is 18.0 Å². The van der Waals surface area contributed by atoms with E-state index in [1.54, 1.807) is 38.1 Å². The molecule has 0 saturated heterocycles. The van der Waals surface area contributed by atoms with Crippen molar-refractivity contribution in [2.24, 2.45) is 0 Å². The van der Waals surface area contributed by atoms with Crippen LogP contribution in [0.5, 0.6) is 0 Å². The van der Waals surface area contributed by atoms with E-state index >= 15 is 0 Å². The first-order valence-corrected chi connectivity index (χ1v) is 13.9. The molecule has 1 N–H and O–H groups in total. The van der Waals surface area contributed by atoms with Gasteiger partial charge >= 0.3 is 0 Å². The largest absolute Gasteiger partial charge is 0.355 e. The van der Waals surface area contributed by atoms with Crippen LogP contribution >= 0.6 is 23.2 Å². The zero-order valence-electron chi connectivity index (χ0n) is 20.8. The number of aryl methyl sites for hydroxylation is 1. The number of halogens is 2. The number of rotatable bonds is 10. The summed E-state index contributed by atoms with van der Waals surface area (Å²) in [6.45, 7) is 5.23. The lowest BCUT2D eigenvalue weighted by molar-refractivity contribution is -0.139. The summed E-state index contributed by atoms with van der Waals surface area (Å²) < 4.78 is 28.4. The molecule has 0 aromatic heterocycles. The average Bonchev–Trinajstić information content (AvgIpc) is 2.88. The summed E-state index contributed by atoms with van der Waals surface area (Å²) >= 11 is 12.6. The van der Waals surface area contributed by atoms with Crippen LogP contribution in [0.25, 0.3) is 0 Å². The maximum atomic E-state index is 13.8. The zero-order valence-corrected chi connectivity index (χ0v) is 23.1. The smallest absolute Gasteiger partial charge is 0.264 e. The third-order valence-electron chi connectivity index (χ3n) is 5.93. The van der Waals surface area contributed by atoms with E-state index in [0.717, 1.165) is 15.4 Å². The molecular weight excluding hydrogens is 533 g/mol. The third-order valence-corrected chi connectivity index (χ3v) is 8.51. The van der Waals surface area contributed by atoms with Crippen LogP contribution in [-0.4, -0.2) is 44.3 Å². The summed E-state index contributed by atoms with van der Waals surface area (Å²) in [5.41, 5.74) is 1.84. The Kier molecular flexibility index (Phi) is 9.59. The van der Waals surface area contributed by atoms with Gasteiger partial charge in [-0.1, -0.05) is 71.7 Å². The summed E-state index contributed by atoms with van der Waals surface area (Å²) in [4.78, 5) is 28.0. The maximum Gasteiger partial charge on any atom is 0.264 e. The molecule has 0 unspecified atom stereocenters. The average molecular weight is 563 g/mol. The lowest BCUT2D eigenvalue weighted by Crippen LogP contribution is -2.51. The van der Waals surface area contributed by atoms with Crippen molar-refractivity contribution in [1.29, 1.82) is 0 Å². The van der Waals surface area contributed by atoms with Crippen molar-refractivity contribution in [1.82, 2.24) is 10.2 Å². The molecule has 3 aromatic carbocycles. The normalized spacial score (nSPS) is 12.0. The van der Waals surface area contributed by atoms with Crippen molar-refractivity contribution in [3.8, 4) is 0 Å². The van der Waals surface area contributed by atoms with Crippen molar-refractivity contribution in [2.45, 2.75) is 38.3 Å². The molecule has 3 aromatic rings. The van der Waals surface area contributed by atoms with Crippen LogP contribution in [-0.2, 0) is 26.2 Å². The summed E-state index contributed by atoms with van der Waals surface area (Å²) in [6, 6.07) is 19.0. The van der Waals surface area contributed by atoms with Crippen molar-refractivity contribution in [2.75, 3.05) is 17.4 Å². The monoisotopic (exact) mass is 561 g/mol. The second-order valence-corrected chi connectivity index (χ2v) is 11.1. The van der Waals surface area contributed by atoms with E-state index in [0.29, 0.717) is 6.54 Å². The number of benzene rings is 3. The van der Waals surface area contributed by atoms with Crippen LogP contribution in [0.1, 0.15) is 25.0 Å². The maximum absolute atomic E-state index is 13.8. The molecule has 0 saturated carbocycles. The molecule has 0 aliphatic carbocycles. The molecular formula is C27H29Cl2N3O4S. The Bertz CT molecular complexity index is 1370. The number of carbonyl (C=O) groups excluding carboxylic acids is 2. The summed E-state index contributed by atoms with van der Waals surface area (Å²) in [7, 11) is -4.22. The van der Waals surface area contributed by atoms with Gasteiger partial charge in [0.15, 0.2) is 0 Å². The van der Waals surface area contributed by atoms with E-state index < -0.39 is 28.5 Å². The number of carbonyl (C=O) groups is 2. The van der Waals surface area contributed by atoms with Gasteiger partial charge in [-0.15, -0.1) is 0 Å². The highest BCUT2D eigenvalue weighted by Crippen LogP contribution is 2.35. The van der Waals surface area contributed by atoms with Crippen LogP contribution < -0.4 is 9.62 Å². The predicted molar refractivity (Wildman–Crippen MR) is 147 cm³/mol. The standard InChI is InChI=1S/C27H29Cl2N3O4S/c1-4-30-27(34)20(3)31(17-21-12-9-8-11-19(21)2)25(33)18-32(24-16-10-15-23(28)26(24)29)37(35,36)22-13-6-5-7-14-22/h5-16,20H,4,17-18H2,1-3H3,(H,30,34)/t20-/m0/s1. The molecule has 0 aliphatic rings. The molecule has 37 heavy (non-hydrogen) atoms. The van der Waals surface area contributed by atoms with Gasteiger partial charge in [0.25, 0.3) is 10.0 Å². The number of hydrogen-bond donors (Lipinski definition) is 1. The fourth-order valence-electron chi connectivity index (χ4n) is 3.79. The number of nitrogens with zero attached hydrogens (tertiary/aromatic N) is 2. The molecule has 3 rings (SSSR count). The molecule has 2 amide bonds. The molecule has 0 spiro atoms. The van der Waals surface area contributed by atoms with Gasteiger partial charge in [0.1, 0.15) is 12.6 Å². The number of hydrogen-bond acceptors (Lipinski definition) is 4. The number of likely N-dealkylation sites (N-methyl/N-ethyl adjacent to an activating group) is 1. The molecule has 1 atom stereocenters. The Hall–Kier alpha value is -3.07. The molecule has 0 aliphatic heterocycles. The predicted octanol–water partition coefficient (Wildman–Crippen LogP) is 5.05. The second kappa shape index (κ2) is 12.4. The van der Waals surface area contributed by atoms with Crippen LogP contribution in [0, 0.1) is 6.92 Å². The topological polar surface area (TPSA) is 86.8 Å². The van der Waals surface area contributed by atoms with Crippen molar-refractivity contribution in [3.63, 3.8) is 0 Å². The minimum absolute atomic E-state index is 0.00120. The first-order valence-electron chi connectivity index (χ1n) is 11.7. The van der Waals surface area contributed by atoms with Gasteiger partial charge in [-0.25, -0.2) is 8.42 Å². The van der Waals surface area contributed by atoms with Gasteiger partial charge in [0.05, 0.1) is 20.6 Å². The van der Waals surface area contributed by atoms with E-state index in [1.165, 1.54) is 29.2 Å². The van der Waals surface area contributed by atoms with Crippen LogP contribution in [0.3, 0.4) is 0 Å². The second-order valence-electron chi connectivity index (χ2n) is 8.42. The fourth-order valence-corrected chi connectivity index (χ4v) is 5.69. The number of nitrogens with one attached hydrogen (secondary N) is 1. The molecule has 0 radical (unpaired) electrons. The highest BCUT2D eigenvalue weighted by molar-refractivity contribution is 7.92. The Morgan fingerprint density at radius 3 is 2.24 bits per heavy atom. The minimum atomic E-state index is -4.22. The fraction of sp³-hybridized carbons (Fsp3) is 0.259. The van der Waals surface area contributed by atoms with Gasteiger partial charge in [0.2, 0.25) is 11.8 Å². The van der Waals surface area contributed by atoms with Crippen LogP contribution in [0.15, 0.2) is 77.7 Å². The van der Waals surface area contributed by atoms with Gasteiger partial charge in [-0.05, 0) is 56.2 Å². The summed E-state index contributed by atoms with van der Waals surface area (Å²) in [5.74, 6) is -0.916. The molecule has 196 valence electrons. The zero-order chi connectivity index (χ0) is 27.2.